The zero-order chi connectivity index (χ0) is 11.8. The van der Waals surface area contributed by atoms with Gasteiger partial charge < -0.3 is 10.1 Å². The molecule has 0 bridgehead atoms. The summed E-state index contributed by atoms with van der Waals surface area (Å²) in [7, 11) is 1.72. The molecule has 2 nitrogen and oxygen atoms in total. The van der Waals surface area contributed by atoms with E-state index in [9.17, 15) is 0 Å². The summed E-state index contributed by atoms with van der Waals surface area (Å²) in [4.78, 5) is 0. The average molecular weight is 221 g/mol. The maximum absolute atomic E-state index is 5.32. The first-order valence-electron chi connectivity index (χ1n) is 6.14. The summed E-state index contributed by atoms with van der Waals surface area (Å²) in [6, 6.07) is 8.17. The third kappa shape index (κ3) is 3.86. The maximum atomic E-state index is 5.32. The summed E-state index contributed by atoms with van der Waals surface area (Å²) >= 11 is 0. The molecular formula is C14H23NO. The Morgan fingerprint density at radius 2 is 1.88 bits per heavy atom. The second kappa shape index (κ2) is 7.29. The first kappa shape index (κ1) is 13.0. The number of hydrogen-bond acceptors (Lipinski definition) is 2. The van der Waals surface area contributed by atoms with Gasteiger partial charge in [0.05, 0.1) is 7.11 Å². The molecule has 1 aromatic rings. The van der Waals surface area contributed by atoms with Crippen molar-refractivity contribution >= 4 is 0 Å². The average Bonchev–Trinajstić information content (AvgIpc) is 2.35. The van der Waals surface area contributed by atoms with Crippen molar-refractivity contribution in [2.75, 3.05) is 13.7 Å². The van der Waals surface area contributed by atoms with Gasteiger partial charge in [-0.1, -0.05) is 44.9 Å². The van der Waals surface area contributed by atoms with Crippen LogP contribution in [0.2, 0.25) is 0 Å². The number of methoxy groups -OCH3 is 1. The fourth-order valence-corrected chi connectivity index (χ4v) is 1.84. The van der Waals surface area contributed by atoms with Gasteiger partial charge in [0, 0.05) is 12.1 Å². The van der Waals surface area contributed by atoms with Crippen molar-refractivity contribution < 1.29 is 4.74 Å². The van der Waals surface area contributed by atoms with E-state index in [1.54, 1.807) is 7.11 Å². The molecule has 0 spiro atoms. The minimum absolute atomic E-state index is 0.787. The molecule has 0 aliphatic heterocycles. The molecule has 1 N–H and O–H groups in total. The van der Waals surface area contributed by atoms with E-state index in [2.05, 4.69) is 31.3 Å². The highest BCUT2D eigenvalue weighted by molar-refractivity contribution is 5.32. The molecule has 1 rings (SSSR count). The summed E-state index contributed by atoms with van der Waals surface area (Å²) in [6.07, 6.45) is 2.49. The van der Waals surface area contributed by atoms with Gasteiger partial charge in [0.2, 0.25) is 0 Å². The van der Waals surface area contributed by atoms with Crippen molar-refractivity contribution in [3.63, 3.8) is 0 Å². The van der Waals surface area contributed by atoms with E-state index in [4.69, 9.17) is 4.74 Å². The molecule has 0 aliphatic carbocycles. The fourth-order valence-electron chi connectivity index (χ4n) is 1.84. The Bertz CT molecular complexity index is 295. The molecule has 1 aromatic carbocycles. The number of benzene rings is 1. The number of hydrogen-bond donors (Lipinski definition) is 1. The molecule has 0 saturated carbocycles. The molecule has 0 radical (unpaired) electrons. The molecule has 0 aromatic heterocycles. The molecule has 90 valence electrons. The lowest BCUT2D eigenvalue weighted by atomic mass is 10.0. The maximum Gasteiger partial charge on any atom is 0.123 e. The van der Waals surface area contributed by atoms with Crippen LogP contribution in [0, 0.1) is 5.92 Å². The number of nitrogens with one attached hydrogen (secondary N) is 1. The molecule has 16 heavy (non-hydrogen) atoms. The van der Waals surface area contributed by atoms with Gasteiger partial charge in [-0.2, -0.15) is 0 Å². The molecule has 0 atom stereocenters. The lowest BCUT2D eigenvalue weighted by molar-refractivity contribution is 0.403. The smallest absolute Gasteiger partial charge is 0.123 e. The van der Waals surface area contributed by atoms with E-state index in [0.29, 0.717) is 0 Å². The van der Waals surface area contributed by atoms with Crippen molar-refractivity contribution in [2.45, 2.75) is 33.2 Å². The van der Waals surface area contributed by atoms with Crippen LogP contribution in [0.15, 0.2) is 24.3 Å². The van der Waals surface area contributed by atoms with Crippen LogP contribution in [0.5, 0.6) is 5.75 Å². The summed E-state index contributed by atoms with van der Waals surface area (Å²) in [6.45, 7) is 6.48. The lowest BCUT2D eigenvalue weighted by Gasteiger charge is -2.14. The van der Waals surface area contributed by atoms with Gasteiger partial charge in [-0.3, -0.25) is 0 Å². The predicted octanol–water partition coefficient (Wildman–Crippen LogP) is 3.22. The van der Waals surface area contributed by atoms with Gasteiger partial charge in [0.25, 0.3) is 0 Å². The van der Waals surface area contributed by atoms with Crippen molar-refractivity contribution in [3.05, 3.63) is 29.8 Å². The van der Waals surface area contributed by atoms with Crippen molar-refractivity contribution in [1.29, 1.82) is 0 Å². The minimum atomic E-state index is 0.787. The monoisotopic (exact) mass is 221 g/mol. The summed E-state index contributed by atoms with van der Waals surface area (Å²) in [5.74, 6) is 1.76. The lowest BCUT2D eigenvalue weighted by Crippen LogP contribution is -2.21. The van der Waals surface area contributed by atoms with Crippen LogP contribution in [0.3, 0.4) is 0 Å². The fraction of sp³-hybridized carbons (Fsp3) is 0.571. The van der Waals surface area contributed by atoms with Gasteiger partial charge >= 0.3 is 0 Å². The molecule has 0 aliphatic rings. The van der Waals surface area contributed by atoms with Gasteiger partial charge in [-0.05, 0) is 18.5 Å². The summed E-state index contributed by atoms with van der Waals surface area (Å²) in [5.41, 5.74) is 1.23. The summed E-state index contributed by atoms with van der Waals surface area (Å²) in [5, 5.41) is 3.50. The van der Waals surface area contributed by atoms with Crippen LogP contribution in [-0.4, -0.2) is 13.7 Å². The van der Waals surface area contributed by atoms with Crippen LogP contribution in [0.4, 0.5) is 0 Å². The second-order valence-corrected chi connectivity index (χ2v) is 4.13. The van der Waals surface area contributed by atoms with E-state index in [1.807, 2.05) is 12.1 Å². The summed E-state index contributed by atoms with van der Waals surface area (Å²) < 4.78 is 5.32. The number of rotatable bonds is 7. The van der Waals surface area contributed by atoms with Gasteiger partial charge in [0.1, 0.15) is 5.75 Å². The van der Waals surface area contributed by atoms with Crippen LogP contribution in [0.25, 0.3) is 0 Å². The van der Waals surface area contributed by atoms with Crippen LogP contribution < -0.4 is 10.1 Å². The highest BCUT2D eigenvalue weighted by atomic mass is 16.5. The molecule has 0 saturated heterocycles. The van der Waals surface area contributed by atoms with Gasteiger partial charge in [-0.15, -0.1) is 0 Å². The van der Waals surface area contributed by atoms with Gasteiger partial charge in [0.15, 0.2) is 0 Å². The standard InChI is InChI=1S/C14H23NO/c1-4-12(5-2)10-15-11-13-8-6-7-9-14(13)16-3/h6-9,12,15H,4-5,10-11H2,1-3H3. The Morgan fingerprint density at radius 3 is 2.50 bits per heavy atom. The van der Waals surface area contributed by atoms with E-state index in [0.717, 1.165) is 24.8 Å². The largest absolute Gasteiger partial charge is 0.496 e. The van der Waals surface area contributed by atoms with E-state index in [-0.39, 0.29) is 0 Å². The SMILES string of the molecule is CCC(CC)CNCc1ccccc1OC. The Hall–Kier alpha value is -1.02. The number of para-hydroxylation sites is 1. The molecule has 0 fully saturated rings. The molecule has 0 amide bonds. The molecule has 0 unspecified atom stereocenters. The Kier molecular flexibility index (Phi) is 5.94. The third-order valence-electron chi connectivity index (χ3n) is 3.10. The highest BCUT2D eigenvalue weighted by Crippen LogP contribution is 2.17. The topological polar surface area (TPSA) is 21.3 Å². The van der Waals surface area contributed by atoms with Crippen LogP contribution >= 0.6 is 0 Å². The van der Waals surface area contributed by atoms with Gasteiger partial charge in [-0.25, -0.2) is 0 Å². The molecule has 0 heterocycles. The minimum Gasteiger partial charge on any atom is -0.496 e. The zero-order valence-corrected chi connectivity index (χ0v) is 10.6. The zero-order valence-electron chi connectivity index (χ0n) is 10.6. The van der Waals surface area contributed by atoms with Crippen molar-refractivity contribution in [2.24, 2.45) is 5.92 Å². The second-order valence-electron chi connectivity index (χ2n) is 4.13. The van der Waals surface area contributed by atoms with E-state index < -0.39 is 0 Å². The van der Waals surface area contributed by atoms with Crippen LogP contribution in [-0.2, 0) is 6.54 Å². The normalized spacial score (nSPS) is 10.8. The molecular weight excluding hydrogens is 198 g/mol. The first-order chi connectivity index (χ1) is 7.81. The Balaban J connectivity index is 2.42. The van der Waals surface area contributed by atoms with Crippen molar-refractivity contribution in [3.8, 4) is 5.75 Å². The van der Waals surface area contributed by atoms with Crippen molar-refractivity contribution in [1.82, 2.24) is 5.32 Å². The van der Waals surface area contributed by atoms with E-state index >= 15 is 0 Å². The first-order valence-corrected chi connectivity index (χ1v) is 6.14. The van der Waals surface area contributed by atoms with E-state index in [1.165, 1.54) is 18.4 Å². The quantitative estimate of drug-likeness (QED) is 0.763. The Morgan fingerprint density at radius 1 is 1.19 bits per heavy atom. The molecule has 2 heteroatoms. The predicted molar refractivity (Wildman–Crippen MR) is 68.8 cm³/mol. The third-order valence-corrected chi connectivity index (χ3v) is 3.10. The Labute approximate surface area is 99.0 Å². The number of ether oxygens (including phenoxy) is 1. The highest BCUT2D eigenvalue weighted by Gasteiger charge is 2.04. The van der Waals surface area contributed by atoms with Crippen LogP contribution in [0.1, 0.15) is 32.3 Å².